The summed E-state index contributed by atoms with van der Waals surface area (Å²) < 4.78 is 2.48. The highest BCUT2D eigenvalue weighted by atomic mass is 15.0. The molecule has 0 bridgehead atoms. The van der Waals surface area contributed by atoms with E-state index in [4.69, 9.17) is 0 Å². The average Bonchev–Trinajstić information content (AvgIpc) is 3.32. The topological polar surface area (TPSA) is 17.8 Å². The molecule has 0 amide bonds. The monoisotopic (exact) mass is 450 g/mol. The van der Waals surface area contributed by atoms with Crippen LogP contribution in [-0.4, -0.2) is 9.55 Å². The number of hydrogen-bond acceptors (Lipinski definition) is 1. The number of nitrogens with zero attached hydrogens (tertiary/aromatic N) is 2. The van der Waals surface area contributed by atoms with Gasteiger partial charge in [0.2, 0.25) is 0 Å². The molecule has 2 heteroatoms. The minimum absolute atomic E-state index is 0.0600. The zero-order chi connectivity index (χ0) is 23.6. The van der Waals surface area contributed by atoms with Crippen molar-refractivity contribution in [1.82, 2.24) is 9.55 Å². The van der Waals surface area contributed by atoms with Gasteiger partial charge in [0.25, 0.3) is 0 Å². The van der Waals surface area contributed by atoms with E-state index in [1.165, 1.54) is 55.2 Å². The van der Waals surface area contributed by atoms with Crippen molar-refractivity contribution in [3.05, 3.63) is 126 Å². The number of rotatable bonds is 3. The summed E-state index contributed by atoms with van der Waals surface area (Å²) in [4.78, 5) is 4.60. The van der Waals surface area contributed by atoms with E-state index in [-0.39, 0.29) is 5.41 Å². The second kappa shape index (κ2) is 7.41. The first kappa shape index (κ1) is 20.2. The molecular formula is C33H26N2. The van der Waals surface area contributed by atoms with Crippen molar-refractivity contribution in [2.75, 3.05) is 0 Å². The zero-order valence-corrected chi connectivity index (χ0v) is 20.0. The number of benzene rings is 4. The van der Waals surface area contributed by atoms with Gasteiger partial charge in [-0.1, -0.05) is 80.6 Å². The van der Waals surface area contributed by atoms with Crippen molar-refractivity contribution in [2.45, 2.75) is 25.8 Å². The minimum atomic E-state index is -0.0600. The average molecular weight is 451 g/mol. The predicted octanol–water partition coefficient (Wildman–Crippen LogP) is 8.21. The van der Waals surface area contributed by atoms with Crippen LogP contribution in [0.4, 0.5) is 0 Å². The smallest absolute Gasteiger partial charge is 0.0702 e. The summed E-state index contributed by atoms with van der Waals surface area (Å²) in [6, 6.07) is 37.4. The lowest BCUT2D eigenvalue weighted by atomic mass is 9.82. The van der Waals surface area contributed by atoms with Crippen LogP contribution in [0.2, 0.25) is 0 Å². The van der Waals surface area contributed by atoms with Gasteiger partial charge >= 0.3 is 0 Å². The molecule has 2 nitrogen and oxygen atoms in total. The van der Waals surface area contributed by atoms with E-state index < -0.39 is 0 Å². The Morgan fingerprint density at radius 1 is 0.657 bits per heavy atom. The van der Waals surface area contributed by atoms with Gasteiger partial charge in [0.1, 0.15) is 0 Å². The third-order valence-corrected chi connectivity index (χ3v) is 7.71. The highest BCUT2D eigenvalue weighted by Gasteiger charge is 2.36. The van der Waals surface area contributed by atoms with Crippen LogP contribution in [0.1, 0.15) is 30.5 Å². The fraction of sp³-hybridized carbons (Fsp3) is 0.121. The van der Waals surface area contributed by atoms with E-state index in [0.29, 0.717) is 0 Å². The second-order valence-corrected chi connectivity index (χ2v) is 10.1. The van der Waals surface area contributed by atoms with Gasteiger partial charge < -0.3 is 4.57 Å². The Bertz CT molecular complexity index is 1720. The third kappa shape index (κ3) is 2.99. The Labute approximate surface area is 205 Å². The lowest BCUT2D eigenvalue weighted by Gasteiger charge is -2.22. The molecule has 168 valence electrons. The molecular weight excluding hydrogens is 424 g/mol. The SMILES string of the molecule is CC1(C)c2ccc(-c3ccccn3)cc2-c2cc3c4ccccc4n(Cc4ccccc4)c3cc21. The molecule has 0 radical (unpaired) electrons. The highest BCUT2D eigenvalue weighted by molar-refractivity contribution is 6.10. The highest BCUT2D eigenvalue weighted by Crippen LogP contribution is 2.51. The fourth-order valence-corrected chi connectivity index (χ4v) is 5.92. The second-order valence-electron chi connectivity index (χ2n) is 10.1. The van der Waals surface area contributed by atoms with Gasteiger partial charge in [-0.3, -0.25) is 4.98 Å². The van der Waals surface area contributed by atoms with Gasteiger partial charge in [-0.2, -0.15) is 0 Å². The molecule has 0 atom stereocenters. The minimum Gasteiger partial charge on any atom is -0.336 e. The van der Waals surface area contributed by atoms with Crippen molar-refractivity contribution >= 4 is 21.8 Å². The molecule has 0 spiro atoms. The molecule has 0 unspecified atom stereocenters. The molecule has 35 heavy (non-hydrogen) atoms. The largest absolute Gasteiger partial charge is 0.336 e. The summed E-state index contributed by atoms with van der Waals surface area (Å²) in [6.45, 7) is 5.57. The summed E-state index contributed by atoms with van der Waals surface area (Å²) in [7, 11) is 0. The van der Waals surface area contributed by atoms with Gasteiger partial charge in [0.05, 0.1) is 5.69 Å². The van der Waals surface area contributed by atoms with Crippen LogP contribution in [-0.2, 0) is 12.0 Å². The summed E-state index contributed by atoms with van der Waals surface area (Å²) in [5, 5.41) is 2.63. The molecule has 6 aromatic rings. The quantitative estimate of drug-likeness (QED) is 0.266. The van der Waals surface area contributed by atoms with Crippen LogP contribution in [0.5, 0.6) is 0 Å². The van der Waals surface area contributed by atoms with Gasteiger partial charge in [-0.05, 0) is 64.2 Å². The molecule has 0 aliphatic heterocycles. The maximum atomic E-state index is 4.60. The van der Waals surface area contributed by atoms with Crippen LogP contribution < -0.4 is 0 Å². The van der Waals surface area contributed by atoms with Crippen LogP contribution in [0.3, 0.4) is 0 Å². The summed E-state index contributed by atoms with van der Waals surface area (Å²) in [5.74, 6) is 0. The number of aromatic nitrogens is 2. The van der Waals surface area contributed by atoms with Crippen molar-refractivity contribution in [3.8, 4) is 22.4 Å². The molecule has 0 saturated carbocycles. The Morgan fingerprint density at radius 2 is 1.43 bits per heavy atom. The van der Waals surface area contributed by atoms with Crippen LogP contribution in [0.15, 0.2) is 109 Å². The first-order valence-electron chi connectivity index (χ1n) is 12.3. The molecule has 0 saturated heterocycles. The van der Waals surface area contributed by atoms with Crippen LogP contribution >= 0.6 is 0 Å². The Morgan fingerprint density at radius 3 is 2.26 bits per heavy atom. The van der Waals surface area contributed by atoms with Crippen LogP contribution in [0.25, 0.3) is 44.2 Å². The lowest BCUT2D eigenvalue weighted by Crippen LogP contribution is -2.15. The van der Waals surface area contributed by atoms with Gasteiger partial charge in [-0.25, -0.2) is 0 Å². The molecule has 2 heterocycles. The van der Waals surface area contributed by atoms with E-state index in [9.17, 15) is 0 Å². The van der Waals surface area contributed by atoms with E-state index in [1.54, 1.807) is 0 Å². The Balaban J connectivity index is 1.49. The van der Waals surface area contributed by atoms with Crippen molar-refractivity contribution < 1.29 is 0 Å². The van der Waals surface area contributed by atoms with Gasteiger partial charge in [-0.15, -0.1) is 0 Å². The molecule has 4 aromatic carbocycles. The standard InChI is InChI=1S/C33H26N2/c1-33(2)28-16-15-23(30-13-8-9-17-34-30)18-25(28)26-19-27-24-12-6-7-14-31(24)35(32(27)20-29(26)33)21-22-10-4-3-5-11-22/h3-20H,21H2,1-2H3. The van der Waals surface area contributed by atoms with E-state index in [0.717, 1.165) is 12.2 Å². The maximum absolute atomic E-state index is 4.60. The Hall–Kier alpha value is -4.17. The fourth-order valence-electron chi connectivity index (χ4n) is 5.92. The number of hydrogen-bond donors (Lipinski definition) is 0. The first-order chi connectivity index (χ1) is 17.1. The molecule has 1 aliphatic carbocycles. The number of fused-ring (bicyclic) bond motifs is 6. The van der Waals surface area contributed by atoms with Crippen molar-refractivity contribution in [3.63, 3.8) is 0 Å². The van der Waals surface area contributed by atoms with Gasteiger partial charge in [0.15, 0.2) is 0 Å². The van der Waals surface area contributed by atoms with Gasteiger partial charge in [0, 0.05) is 45.5 Å². The zero-order valence-electron chi connectivity index (χ0n) is 20.0. The molecule has 0 N–H and O–H groups in total. The van der Waals surface area contributed by atoms with E-state index in [1.807, 2.05) is 12.3 Å². The summed E-state index contributed by atoms with van der Waals surface area (Å²) in [6.07, 6.45) is 1.87. The maximum Gasteiger partial charge on any atom is 0.0702 e. The third-order valence-electron chi connectivity index (χ3n) is 7.71. The van der Waals surface area contributed by atoms with E-state index >= 15 is 0 Å². The van der Waals surface area contributed by atoms with Crippen molar-refractivity contribution in [1.29, 1.82) is 0 Å². The first-order valence-corrected chi connectivity index (χ1v) is 12.3. The summed E-state index contributed by atoms with van der Waals surface area (Å²) in [5.41, 5.74) is 11.5. The predicted molar refractivity (Wildman–Crippen MR) is 146 cm³/mol. The molecule has 1 aliphatic rings. The van der Waals surface area contributed by atoms with Crippen LogP contribution in [0, 0.1) is 0 Å². The summed E-state index contributed by atoms with van der Waals surface area (Å²) >= 11 is 0. The molecule has 2 aromatic heterocycles. The number of pyridine rings is 1. The number of para-hydroxylation sites is 1. The van der Waals surface area contributed by atoms with Crippen molar-refractivity contribution in [2.24, 2.45) is 0 Å². The normalized spacial score (nSPS) is 13.8. The Kier molecular flexibility index (Phi) is 4.28. The van der Waals surface area contributed by atoms with E-state index in [2.05, 4.69) is 120 Å². The molecule has 0 fully saturated rings. The molecule has 7 rings (SSSR count). The lowest BCUT2D eigenvalue weighted by molar-refractivity contribution is 0.660.